The van der Waals surface area contributed by atoms with Crippen LogP contribution in [0.5, 0.6) is 5.75 Å². The molecular weight excluding hydrogens is 204 g/mol. The summed E-state index contributed by atoms with van der Waals surface area (Å²) in [7, 11) is 1.60. The highest BCUT2D eigenvalue weighted by atomic mass is 16.5. The molecule has 1 N–H and O–H groups in total. The standard InChI is InChI=1S/C12H18N2O2/c1-4-9(2)12(15)14-7-10-5-11(16-3)8-13-6-10/h5-6,8-9H,4,7H2,1-3H3,(H,14,15). The summed E-state index contributed by atoms with van der Waals surface area (Å²) in [6, 6.07) is 1.86. The highest BCUT2D eigenvalue weighted by Gasteiger charge is 2.09. The number of rotatable bonds is 5. The van der Waals surface area contributed by atoms with Gasteiger partial charge in [0.05, 0.1) is 13.3 Å². The number of nitrogens with one attached hydrogen (secondary N) is 1. The Bertz CT molecular complexity index is 353. The molecule has 0 bridgehead atoms. The van der Waals surface area contributed by atoms with Crippen molar-refractivity contribution in [1.29, 1.82) is 0 Å². The lowest BCUT2D eigenvalue weighted by Gasteiger charge is -2.10. The molecule has 1 unspecified atom stereocenters. The maximum atomic E-state index is 11.5. The number of ether oxygens (including phenoxy) is 1. The molecule has 0 aliphatic carbocycles. The van der Waals surface area contributed by atoms with E-state index in [-0.39, 0.29) is 11.8 Å². The molecule has 88 valence electrons. The van der Waals surface area contributed by atoms with E-state index in [4.69, 9.17) is 4.74 Å². The smallest absolute Gasteiger partial charge is 0.223 e. The second kappa shape index (κ2) is 6.10. The van der Waals surface area contributed by atoms with E-state index in [1.807, 2.05) is 19.9 Å². The maximum absolute atomic E-state index is 11.5. The van der Waals surface area contributed by atoms with E-state index >= 15 is 0 Å². The van der Waals surface area contributed by atoms with Crippen LogP contribution >= 0.6 is 0 Å². The van der Waals surface area contributed by atoms with Gasteiger partial charge in [0.15, 0.2) is 0 Å². The molecule has 0 spiro atoms. The zero-order chi connectivity index (χ0) is 12.0. The normalized spacial score (nSPS) is 11.9. The zero-order valence-electron chi connectivity index (χ0n) is 9.99. The van der Waals surface area contributed by atoms with Crippen molar-refractivity contribution >= 4 is 5.91 Å². The summed E-state index contributed by atoms with van der Waals surface area (Å²) in [5, 5.41) is 2.87. The highest BCUT2D eigenvalue weighted by Crippen LogP contribution is 2.10. The first kappa shape index (κ1) is 12.5. The second-order valence-corrected chi connectivity index (χ2v) is 3.76. The molecule has 0 aliphatic heterocycles. The van der Waals surface area contributed by atoms with E-state index in [9.17, 15) is 4.79 Å². The molecule has 1 aromatic rings. The third-order valence-electron chi connectivity index (χ3n) is 2.53. The summed E-state index contributed by atoms with van der Waals surface area (Å²) in [5.41, 5.74) is 0.941. The molecule has 0 aromatic carbocycles. The van der Waals surface area contributed by atoms with Crippen molar-refractivity contribution in [2.24, 2.45) is 5.92 Å². The monoisotopic (exact) mass is 222 g/mol. The van der Waals surface area contributed by atoms with Crippen LogP contribution in [0, 0.1) is 5.92 Å². The van der Waals surface area contributed by atoms with Gasteiger partial charge in [-0.25, -0.2) is 0 Å². The number of amides is 1. The second-order valence-electron chi connectivity index (χ2n) is 3.76. The Labute approximate surface area is 96.0 Å². The van der Waals surface area contributed by atoms with Crippen LogP contribution in [0.2, 0.25) is 0 Å². The van der Waals surface area contributed by atoms with E-state index in [0.717, 1.165) is 12.0 Å². The van der Waals surface area contributed by atoms with Crippen LogP contribution < -0.4 is 10.1 Å². The number of hydrogen-bond acceptors (Lipinski definition) is 3. The van der Waals surface area contributed by atoms with Crippen molar-refractivity contribution in [2.45, 2.75) is 26.8 Å². The fraction of sp³-hybridized carbons (Fsp3) is 0.500. The van der Waals surface area contributed by atoms with Gasteiger partial charge >= 0.3 is 0 Å². The van der Waals surface area contributed by atoms with E-state index in [1.54, 1.807) is 19.5 Å². The fourth-order valence-electron chi connectivity index (χ4n) is 1.22. The SMILES string of the molecule is CCC(C)C(=O)NCc1cncc(OC)c1. The number of aromatic nitrogens is 1. The molecule has 0 fully saturated rings. The molecule has 1 aromatic heterocycles. The lowest BCUT2D eigenvalue weighted by Crippen LogP contribution is -2.28. The lowest BCUT2D eigenvalue weighted by molar-refractivity contribution is -0.124. The predicted octanol–water partition coefficient (Wildman–Crippen LogP) is 1.75. The van der Waals surface area contributed by atoms with Crippen molar-refractivity contribution in [3.8, 4) is 5.75 Å². The topological polar surface area (TPSA) is 51.2 Å². The Hall–Kier alpha value is -1.58. The van der Waals surface area contributed by atoms with Gasteiger partial charge in [-0.15, -0.1) is 0 Å². The molecule has 16 heavy (non-hydrogen) atoms. The molecule has 1 rings (SSSR count). The summed E-state index contributed by atoms with van der Waals surface area (Å²) < 4.78 is 5.06. The minimum Gasteiger partial charge on any atom is -0.495 e. The number of nitrogens with zero attached hydrogens (tertiary/aromatic N) is 1. The Morgan fingerprint density at radius 2 is 2.31 bits per heavy atom. The van der Waals surface area contributed by atoms with E-state index in [0.29, 0.717) is 12.3 Å². The summed E-state index contributed by atoms with van der Waals surface area (Å²) in [6.45, 7) is 4.41. The minimum atomic E-state index is 0.0542. The molecular formula is C12H18N2O2. The number of carbonyl (C=O) groups excluding carboxylic acids is 1. The number of pyridine rings is 1. The minimum absolute atomic E-state index is 0.0542. The molecule has 1 atom stereocenters. The fourth-order valence-corrected chi connectivity index (χ4v) is 1.22. The van der Waals surface area contributed by atoms with Gasteiger partial charge in [0, 0.05) is 18.7 Å². The zero-order valence-corrected chi connectivity index (χ0v) is 9.99. The molecule has 0 saturated carbocycles. The third kappa shape index (κ3) is 3.53. The van der Waals surface area contributed by atoms with Gasteiger partial charge in [0.25, 0.3) is 0 Å². The van der Waals surface area contributed by atoms with Crippen LogP contribution in [0.1, 0.15) is 25.8 Å². The molecule has 1 heterocycles. The largest absolute Gasteiger partial charge is 0.495 e. The Balaban J connectivity index is 2.51. The summed E-state index contributed by atoms with van der Waals surface area (Å²) in [5.74, 6) is 0.833. The highest BCUT2D eigenvalue weighted by molar-refractivity contribution is 5.78. The van der Waals surface area contributed by atoms with Gasteiger partial charge < -0.3 is 10.1 Å². The van der Waals surface area contributed by atoms with Crippen LogP contribution in [0.15, 0.2) is 18.5 Å². The average Bonchev–Trinajstić information content (AvgIpc) is 2.35. The van der Waals surface area contributed by atoms with Crippen LogP contribution in [0.3, 0.4) is 0 Å². The molecule has 0 aliphatic rings. The molecule has 4 heteroatoms. The predicted molar refractivity (Wildman–Crippen MR) is 62.1 cm³/mol. The molecule has 4 nitrogen and oxygen atoms in total. The summed E-state index contributed by atoms with van der Waals surface area (Å²) >= 11 is 0. The first-order valence-corrected chi connectivity index (χ1v) is 5.43. The van der Waals surface area contributed by atoms with Gasteiger partial charge in [-0.3, -0.25) is 9.78 Å². The van der Waals surface area contributed by atoms with Crippen LogP contribution in [0.4, 0.5) is 0 Å². The third-order valence-corrected chi connectivity index (χ3v) is 2.53. The average molecular weight is 222 g/mol. The Morgan fingerprint density at radius 1 is 1.56 bits per heavy atom. The van der Waals surface area contributed by atoms with Gasteiger partial charge in [0.1, 0.15) is 5.75 Å². The van der Waals surface area contributed by atoms with E-state index in [2.05, 4.69) is 10.3 Å². The molecule has 0 radical (unpaired) electrons. The summed E-state index contributed by atoms with van der Waals surface area (Å²) in [4.78, 5) is 15.6. The molecule has 1 amide bonds. The first-order valence-electron chi connectivity index (χ1n) is 5.43. The maximum Gasteiger partial charge on any atom is 0.223 e. The van der Waals surface area contributed by atoms with E-state index in [1.165, 1.54) is 0 Å². The van der Waals surface area contributed by atoms with Gasteiger partial charge in [-0.1, -0.05) is 13.8 Å². The first-order chi connectivity index (χ1) is 7.67. The lowest BCUT2D eigenvalue weighted by atomic mass is 10.1. The van der Waals surface area contributed by atoms with Crippen molar-refractivity contribution < 1.29 is 9.53 Å². The van der Waals surface area contributed by atoms with Gasteiger partial charge in [-0.05, 0) is 18.1 Å². The molecule has 0 saturated heterocycles. The Morgan fingerprint density at radius 3 is 2.94 bits per heavy atom. The summed E-state index contributed by atoms with van der Waals surface area (Å²) in [6.07, 6.45) is 4.21. The van der Waals surface area contributed by atoms with Gasteiger partial charge in [0.2, 0.25) is 5.91 Å². The quantitative estimate of drug-likeness (QED) is 0.825. The van der Waals surface area contributed by atoms with Crippen molar-refractivity contribution in [3.05, 3.63) is 24.0 Å². The van der Waals surface area contributed by atoms with Crippen LogP contribution in [-0.4, -0.2) is 18.0 Å². The number of hydrogen-bond donors (Lipinski definition) is 1. The Kier molecular flexibility index (Phi) is 4.76. The van der Waals surface area contributed by atoms with E-state index < -0.39 is 0 Å². The number of methoxy groups -OCH3 is 1. The van der Waals surface area contributed by atoms with Crippen LogP contribution in [-0.2, 0) is 11.3 Å². The number of carbonyl (C=O) groups is 1. The van der Waals surface area contributed by atoms with Crippen molar-refractivity contribution in [1.82, 2.24) is 10.3 Å². The van der Waals surface area contributed by atoms with Gasteiger partial charge in [-0.2, -0.15) is 0 Å². The van der Waals surface area contributed by atoms with Crippen LogP contribution in [0.25, 0.3) is 0 Å². The van der Waals surface area contributed by atoms with Crippen molar-refractivity contribution in [3.63, 3.8) is 0 Å². The van der Waals surface area contributed by atoms with Crippen molar-refractivity contribution in [2.75, 3.05) is 7.11 Å².